The summed E-state index contributed by atoms with van der Waals surface area (Å²) in [6, 6.07) is -0.300. The summed E-state index contributed by atoms with van der Waals surface area (Å²) >= 11 is 4.91. The number of carbonyl (C=O) groups is 2. The summed E-state index contributed by atoms with van der Waals surface area (Å²) in [6.07, 6.45) is 2.75. The van der Waals surface area contributed by atoms with Crippen LogP contribution in [-0.2, 0) is 11.3 Å². The molecule has 1 aromatic heterocycles. The summed E-state index contributed by atoms with van der Waals surface area (Å²) in [5.74, 6) is -0.00474. The Morgan fingerprint density at radius 2 is 2.22 bits per heavy atom. The van der Waals surface area contributed by atoms with E-state index in [-0.39, 0.29) is 17.9 Å². The van der Waals surface area contributed by atoms with E-state index in [2.05, 4.69) is 21.2 Å². The van der Waals surface area contributed by atoms with E-state index in [4.69, 9.17) is 0 Å². The van der Waals surface area contributed by atoms with Crippen LogP contribution in [0.3, 0.4) is 0 Å². The number of fused-ring (bicyclic) bond motifs is 1. The lowest BCUT2D eigenvalue weighted by molar-refractivity contribution is -0.125. The molecule has 0 spiro atoms. The van der Waals surface area contributed by atoms with Crippen LogP contribution in [0.1, 0.15) is 34.5 Å². The second kappa shape index (κ2) is 4.66. The second-order valence-electron chi connectivity index (χ2n) is 4.63. The molecule has 1 aromatic rings. The van der Waals surface area contributed by atoms with Gasteiger partial charge in [0.15, 0.2) is 0 Å². The predicted molar refractivity (Wildman–Crippen MR) is 72.5 cm³/mol. The van der Waals surface area contributed by atoms with Gasteiger partial charge in [-0.05, 0) is 35.2 Å². The first-order valence-electron chi connectivity index (χ1n) is 6.03. The standard InChI is InChI=1S/C12H13BrN2O2S/c13-8-6-18-10-7(8)5-15(12(10)17)9-3-1-2-4-14-11(9)16/h6,9H,1-5H2,(H,14,16)/t9-/m0/s1. The van der Waals surface area contributed by atoms with Crippen molar-refractivity contribution >= 4 is 39.1 Å². The Hall–Kier alpha value is -0.880. The van der Waals surface area contributed by atoms with Crippen molar-refractivity contribution < 1.29 is 9.59 Å². The van der Waals surface area contributed by atoms with E-state index >= 15 is 0 Å². The first-order valence-corrected chi connectivity index (χ1v) is 7.70. The van der Waals surface area contributed by atoms with Gasteiger partial charge in [0.05, 0.1) is 4.88 Å². The van der Waals surface area contributed by atoms with Gasteiger partial charge in [-0.25, -0.2) is 0 Å². The van der Waals surface area contributed by atoms with Crippen LogP contribution >= 0.6 is 27.3 Å². The Kier molecular flexibility index (Phi) is 3.15. The van der Waals surface area contributed by atoms with Crippen LogP contribution in [0.4, 0.5) is 0 Å². The highest BCUT2D eigenvalue weighted by molar-refractivity contribution is 9.10. The molecule has 0 aliphatic carbocycles. The van der Waals surface area contributed by atoms with Gasteiger partial charge in [0.2, 0.25) is 5.91 Å². The second-order valence-corrected chi connectivity index (χ2v) is 6.36. The molecule has 0 bridgehead atoms. The number of halogens is 1. The average molecular weight is 329 g/mol. The van der Waals surface area contributed by atoms with Crippen LogP contribution in [0, 0.1) is 0 Å². The van der Waals surface area contributed by atoms with E-state index in [0.29, 0.717) is 6.54 Å². The molecular weight excluding hydrogens is 316 g/mol. The number of nitrogens with zero attached hydrogens (tertiary/aromatic N) is 1. The molecule has 2 aliphatic rings. The highest BCUT2D eigenvalue weighted by atomic mass is 79.9. The maximum atomic E-state index is 12.3. The summed E-state index contributed by atoms with van der Waals surface area (Å²) in [4.78, 5) is 26.8. The Labute approximate surface area is 117 Å². The molecule has 1 N–H and O–H groups in total. The zero-order chi connectivity index (χ0) is 12.7. The first kappa shape index (κ1) is 12.2. The van der Waals surface area contributed by atoms with Crippen molar-refractivity contribution in [2.75, 3.05) is 6.54 Å². The molecule has 96 valence electrons. The Morgan fingerprint density at radius 1 is 1.39 bits per heavy atom. The van der Waals surface area contributed by atoms with Crippen LogP contribution in [0.15, 0.2) is 9.85 Å². The lowest BCUT2D eigenvalue weighted by Crippen LogP contribution is -2.45. The van der Waals surface area contributed by atoms with E-state index in [1.807, 2.05) is 5.38 Å². The van der Waals surface area contributed by atoms with Crippen molar-refractivity contribution in [1.29, 1.82) is 0 Å². The summed E-state index contributed by atoms with van der Waals surface area (Å²) in [6.45, 7) is 1.28. The van der Waals surface area contributed by atoms with Gasteiger partial charge >= 0.3 is 0 Å². The average Bonchev–Trinajstić information content (AvgIpc) is 2.78. The van der Waals surface area contributed by atoms with Crippen molar-refractivity contribution in [3.63, 3.8) is 0 Å². The molecular formula is C12H13BrN2O2S. The van der Waals surface area contributed by atoms with Crippen molar-refractivity contribution in [3.8, 4) is 0 Å². The zero-order valence-corrected chi connectivity index (χ0v) is 12.1. The monoisotopic (exact) mass is 328 g/mol. The third-order valence-electron chi connectivity index (χ3n) is 3.51. The molecule has 3 heterocycles. The minimum atomic E-state index is -0.300. The van der Waals surface area contributed by atoms with Crippen LogP contribution in [0.25, 0.3) is 0 Å². The van der Waals surface area contributed by atoms with Gasteiger partial charge in [0.1, 0.15) is 6.04 Å². The normalized spacial score (nSPS) is 23.8. The molecule has 0 radical (unpaired) electrons. The third-order valence-corrected chi connectivity index (χ3v) is 5.53. The highest BCUT2D eigenvalue weighted by Crippen LogP contribution is 2.36. The van der Waals surface area contributed by atoms with Gasteiger partial charge in [0.25, 0.3) is 5.91 Å². The fourth-order valence-electron chi connectivity index (χ4n) is 2.53. The summed E-state index contributed by atoms with van der Waals surface area (Å²) in [7, 11) is 0. The SMILES string of the molecule is O=C1NCCCC[C@@H]1N1Cc2c(Br)csc2C1=O. The minimum Gasteiger partial charge on any atom is -0.354 e. The lowest BCUT2D eigenvalue weighted by atomic mass is 10.1. The van der Waals surface area contributed by atoms with Gasteiger partial charge in [-0.15, -0.1) is 11.3 Å². The summed E-state index contributed by atoms with van der Waals surface area (Å²) < 4.78 is 0.979. The van der Waals surface area contributed by atoms with E-state index in [9.17, 15) is 9.59 Å². The molecule has 0 saturated carbocycles. The minimum absolute atomic E-state index is 0.00255. The molecule has 2 amide bonds. The van der Waals surface area contributed by atoms with E-state index in [0.717, 1.165) is 40.7 Å². The molecule has 6 heteroatoms. The van der Waals surface area contributed by atoms with Crippen molar-refractivity contribution in [2.45, 2.75) is 31.8 Å². The van der Waals surface area contributed by atoms with E-state index in [1.165, 1.54) is 11.3 Å². The molecule has 1 atom stereocenters. The number of nitrogens with one attached hydrogen (secondary N) is 1. The number of carbonyl (C=O) groups excluding carboxylic acids is 2. The van der Waals surface area contributed by atoms with Crippen LogP contribution in [-0.4, -0.2) is 29.3 Å². The zero-order valence-electron chi connectivity index (χ0n) is 9.74. The number of rotatable bonds is 1. The predicted octanol–water partition coefficient (Wildman–Crippen LogP) is 2.14. The number of hydrogen-bond donors (Lipinski definition) is 1. The molecule has 2 aliphatic heterocycles. The fourth-order valence-corrected chi connectivity index (χ4v) is 4.17. The van der Waals surface area contributed by atoms with Gasteiger partial charge in [-0.1, -0.05) is 0 Å². The molecule has 0 aromatic carbocycles. The molecule has 4 nitrogen and oxygen atoms in total. The highest BCUT2D eigenvalue weighted by Gasteiger charge is 2.38. The maximum absolute atomic E-state index is 12.3. The Bertz CT molecular complexity index is 514. The Morgan fingerprint density at radius 3 is 3.00 bits per heavy atom. The molecule has 1 saturated heterocycles. The van der Waals surface area contributed by atoms with Crippen LogP contribution in [0.5, 0.6) is 0 Å². The molecule has 18 heavy (non-hydrogen) atoms. The van der Waals surface area contributed by atoms with Crippen LogP contribution in [0.2, 0.25) is 0 Å². The largest absolute Gasteiger partial charge is 0.354 e. The Balaban J connectivity index is 1.86. The third kappa shape index (κ3) is 1.87. The lowest BCUT2D eigenvalue weighted by Gasteiger charge is -2.25. The van der Waals surface area contributed by atoms with Crippen molar-refractivity contribution in [1.82, 2.24) is 10.2 Å². The smallest absolute Gasteiger partial charge is 0.265 e. The topological polar surface area (TPSA) is 49.4 Å². The molecule has 3 rings (SSSR count). The summed E-state index contributed by atoms with van der Waals surface area (Å²) in [5.41, 5.74) is 1.03. The van der Waals surface area contributed by atoms with Gasteiger partial charge in [-0.3, -0.25) is 9.59 Å². The van der Waals surface area contributed by atoms with E-state index in [1.54, 1.807) is 4.90 Å². The number of amides is 2. The van der Waals surface area contributed by atoms with Gasteiger partial charge < -0.3 is 10.2 Å². The molecule has 0 unspecified atom stereocenters. The van der Waals surface area contributed by atoms with Crippen LogP contribution < -0.4 is 5.32 Å². The molecule has 1 fully saturated rings. The van der Waals surface area contributed by atoms with E-state index < -0.39 is 0 Å². The first-order chi connectivity index (χ1) is 8.68. The number of thiophene rings is 1. The number of hydrogen-bond acceptors (Lipinski definition) is 3. The summed E-state index contributed by atoms with van der Waals surface area (Å²) in [5, 5.41) is 4.82. The van der Waals surface area contributed by atoms with Crippen molar-refractivity contribution in [3.05, 3.63) is 20.3 Å². The van der Waals surface area contributed by atoms with Gasteiger partial charge in [0, 0.05) is 28.5 Å². The van der Waals surface area contributed by atoms with Crippen molar-refractivity contribution in [2.24, 2.45) is 0 Å². The maximum Gasteiger partial charge on any atom is 0.265 e. The quantitative estimate of drug-likeness (QED) is 0.858. The fraction of sp³-hybridized carbons (Fsp3) is 0.500. The van der Waals surface area contributed by atoms with Gasteiger partial charge in [-0.2, -0.15) is 0 Å².